The molecule has 5 aromatic carbocycles. The molecule has 0 aliphatic carbocycles. The van der Waals surface area contributed by atoms with Crippen molar-refractivity contribution in [3.63, 3.8) is 0 Å². The Morgan fingerprint density at radius 1 is 0.586 bits per heavy atom. The van der Waals surface area contributed by atoms with Crippen LogP contribution in [0.5, 0.6) is 0 Å². The first-order chi connectivity index (χ1) is 33.3. The number of nitrogens with one attached hydrogen (secondary N) is 4. The number of benzene rings is 5. The van der Waals surface area contributed by atoms with Gasteiger partial charge in [-0.15, -0.1) is 0 Å². The van der Waals surface area contributed by atoms with Crippen LogP contribution in [0.2, 0.25) is 0 Å². The molecule has 17 heteroatoms. The predicted molar refractivity (Wildman–Crippen MR) is 276 cm³/mol. The Kier molecular flexibility index (Phi) is 18.7. The molecule has 4 amide bonds. The Morgan fingerprint density at radius 3 is 1.53 bits per heavy atom. The maximum absolute atomic E-state index is 15.0. The Balaban J connectivity index is 1.25. The lowest BCUT2D eigenvalue weighted by Crippen LogP contribution is -2.43. The third-order valence-electron chi connectivity index (χ3n) is 11.7. The van der Waals surface area contributed by atoms with Crippen molar-refractivity contribution in [3.8, 4) is 0 Å². The molecule has 70 heavy (non-hydrogen) atoms. The van der Waals surface area contributed by atoms with Gasteiger partial charge in [0.15, 0.2) is 0 Å². The molecule has 4 N–H and O–H groups in total. The molecule has 15 nitrogen and oxygen atoms in total. The fourth-order valence-electron chi connectivity index (χ4n) is 8.22. The monoisotopic (exact) mass is 989 g/mol. The highest BCUT2D eigenvalue weighted by Crippen LogP contribution is 2.51. The van der Waals surface area contributed by atoms with Crippen LogP contribution >= 0.6 is 14.5 Å². The number of hydrogen-bond donors (Lipinski definition) is 4. The lowest BCUT2D eigenvalue weighted by Gasteiger charge is -2.24. The van der Waals surface area contributed by atoms with Gasteiger partial charge in [0.25, 0.3) is 5.52 Å². The van der Waals surface area contributed by atoms with Crippen LogP contribution in [0.3, 0.4) is 0 Å². The Hall–Kier alpha value is -6.76. The topological polar surface area (TPSA) is 206 Å². The second-order valence-corrected chi connectivity index (χ2v) is 21.8. The molecule has 1 unspecified atom stereocenters. The van der Waals surface area contributed by atoms with Gasteiger partial charge in [0.05, 0.1) is 6.61 Å². The predicted octanol–water partition coefficient (Wildman–Crippen LogP) is 7.77. The number of rotatable bonds is 21. The van der Waals surface area contributed by atoms with Gasteiger partial charge < -0.3 is 35.1 Å². The van der Waals surface area contributed by atoms with Gasteiger partial charge in [0, 0.05) is 76.7 Å². The quantitative estimate of drug-likeness (QED) is 0.0242. The van der Waals surface area contributed by atoms with E-state index >= 15 is 0 Å². The molecule has 5 aromatic rings. The summed E-state index contributed by atoms with van der Waals surface area (Å²) in [6.07, 6.45) is 0. The van der Waals surface area contributed by atoms with Crippen LogP contribution in [0.25, 0.3) is 0 Å². The number of esters is 1. The van der Waals surface area contributed by atoms with Crippen molar-refractivity contribution >= 4 is 76.7 Å². The summed E-state index contributed by atoms with van der Waals surface area (Å²) in [6.45, 7) is 17.8. The number of amides is 4. The van der Waals surface area contributed by atoms with E-state index in [1.807, 2.05) is 4.90 Å². The highest BCUT2D eigenvalue weighted by Gasteiger charge is 2.40. The van der Waals surface area contributed by atoms with Crippen LogP contribution in [0.4, 0.5) is 16.2 Å². The molecule has 5 rings (SSSR count). The molecule has 0 aliphatic heterocycles. The first-order valence-electron chi connectivity index (χ1n) is 22.8. The molecule has 0 radical (unpaired) electrons. The lowest BCUT2D eigenvalue weighted by molar-refractivity contribution is -0.139. The highest BCUT2D eigenvalue weighted by atomic mass is 31.2. The van der Waals surface area contributed by atoms with Crippen molar-refractivity contribution < 1.29 is 47.2 Å². The van der Waals surface area contributed by atoms with Crippen molar-refractivity contribution in [2.24, 2.45) is 0 Å². The molecule has 0 aliphatic rings. The van der Waals surface area contributed by atoms with Gasteiger partial charge in [-0.2, -0.15) is 0 Å². The minimum Gasteiger partial charge on any atom is -0.461 e. The number of ether oxygens (including phenoxy) is 1. The van der Waals surface area contributed by atoms with Gasteiger partial charge in [-0.3, -0.25) is 28.6 Å². The first kappa shape index (κ1) is 54.2. The zero-order valence-corrected chi connectivity index (χ0v) is 42.7. The fourth-order valence-corrected chi connectivity index (χ4v) is 12.9. The van der Waals surface area contributed by atoms with Crippen molar-refractivity contribution in [3.05, 3.63) is 160 Å². The number of aryl methyl sites for hydroxylation is 4. The van der Waals surface area contributed by atoms with E-state index in [2.05, 4.69) is 27.8 Å². The molecular weight excluding hydrogens is 929 g/mol. The van der Waals surface area contributed by atoms with Crippen molar-refractivity contribution in [1.29, 1.82) is 0 Å². The molecule has 0 saturated heterocycles. The van der Waals surface area contributed by atoms with E-state index in [1.54, 1.807) is 152 Å². The minimum atomic E-state index is -4.01. The van der Waals surface area contributed by atoms with Crippen LogP contribution < -0.4 is 37.2 Å². The number of nitrogens with zero attached hydrogens (tertiary/aromatic N) is 1. The third kappa shape index (κ3) is 12.5. The average molecular weight is 990 g/mol. The van der Waals surface area contributed by atoms with Gasteiger partial charge in [-0.1, -0.05) is 97.6 Å². The van der Waals surface area contributed by atoms with Crippen LogP contribution in [0, 0.1) is 41.5 Å². The fraction of sp³-hybridized carbons (Fsp3) is 0.283. The number of hydrogen-bond acceptors (Lipinski definition) is 11. The van der Waals surface area contributed by atoms with Gasteiger partial charge in [0.1, 0.15) is 6.61 Å². The first-order valence-corrected chi connectivity index (χ1v) is 26.1. The average Bonchev–Trinajstić information content (AvgIpc) is 3.34. The van der Waals surface area contributed by atoms with Crippen LogP contribution in [0.15, 0.2) is 115 Å². The summed E-state index contributed by atoms with van der Waals surface area (Å²) in [5, 5.41) is 11.9. The maximum Gasteiger partial charge on any atom is 0.333 e. The van der Waals surface area contributed by atoms with Crippen LogP contribution in [0.1, 0.15) is 67.9 Å². The molecule has 0 saturated carbocycles. The molecule has 0 heterocycles. The van der Waals surface area contributed by atoms with E-state index in [4.69, 9.17) is 9.26 Å². The summed E-state index contributed by atoms with van der Waals surface area (Å²) in [6, 6.07) is 28.2. The summed E-state index contributed by atoms with van der Waals surface area (Å²) in [5.41, 5.74) is 3.09. The molecule has 0 aromatic heterocycles. The molecule has 0 bridgehead atoms. The van der Waals surface area contributed by atoms with E-state index in [0.717, 1.165) is 0 Å². The smallest absolute Gasteiger partial charge is 0.333 e. The molecule has 0 fully saturated rings. The number of carbonyl (C=O) groups excluding carboxylic acids is 6. The van der Waals surface area contributed by atoms with Gasteiger partial charge >= 0.3 is 31.2 Å². The normalized spacial score (nSPS) is 12.1. The zero-order valence-electron chi connectivity index (χ0n) is 40.9. The molecule has 1 atom stereocenters. The third-order valence-corrected chi connectivity index (χ3v) is 16.9. The largest absolute Gasteiger partial charge is 0.461 e. The summed E-state index contributed by atoms with van der Waals surface area (Å²) in [4.78, 5) is 82.7. The van der Waals surface area contributed by atoms with E-state index in [9.17, 15) is 37.9 Å². The second-order valence-electron chi connectivity index (χ2n) is 16.8. The maximum atomic E-state index is 15.0. The van der Waals surface area contributed by atoms with Crippen molar-refractivity contribution in [1.82, 2.24) is 15.5 Å². The van der Waals surface area contributed by atoms with Crippen molar-refractivity contribution in [2.45, 2.75) is 55.4 Å². The Bertz CT molecular complexity index is 2850. The Morgan fingerprint density at radius 2 is 1.04 bits per heavy atom. The van der Waals surface area contributed by atoms with Gasteiger partial charge in [-0.25, -0.2) is 9.59 Å². The van der Waals surface area contributed by atoms with Crippen LogP contribution in [-0.2, 0) is 32.8 Å². The highest BCUT2D eigenvalue weighted by molar-refractivity contribution is 7.93. The molecular formula is C53H61N5O10P2. The minimum absolute atomic E-state index is 0.0209. The number of carbonyl (C=O) groups is 6. The lowest BCUT2D eigenvalue weighted by atomic mass is 9.98. The van der Waals surface area contributed by atoms with Gasteiger partial charge in [-0.05, 0) is 101 Å². The van der Waals surface area contributed by atoms with E-state index < -0.39 is 49.4 Å². The summed E-state index contributed by atoms with van der Waals surface area (Å²) in [5.74, 6) is -2.53. The van der Waals surface area contributed by atoms with Crippen molar-refractivity contribution in [2.75, 3.05) is 56.6 Å². The van der Waals surface area contributed by atoms with Crippen LogP contribution in [-0.4, -0.2) is 85.7 Å². The summed E-state index contributed by atoms with van der Waals surface area (Å²) >= 11 is 0. The standard InChI is InChI=1S/C53H61N5O10P2/c1-10-68-70(66,43-24-18-13-19-25-43)52(63)45-36(5)33-38(7)47(40(45)9)57-53(64)55-27-29-58(30-31-67-50(61)34(2)3)28-26-54-48(59)49(60)56-46-37(6)32-35(4)44(39(46)8)51(62)69(65,41-20-14-11-15-21-41)42-22-16-12-17-23-42/h11-25,32-33H,2,10,26-31H2,1,3-9H3,(H,54,59)(H,56,60)(H2,55,57,64). The van der Waals surface area contributed by atoms with E-state index in [-0.39, 0.29) is 73.6 Å². The number of urea groups is 1. The molecule has 368 valence electrons. The second kappa shape index (κ2) is 24.2. The summed E-state index contributed by atoms with van der Waals surface area (Å²) in [7, 11) is -7.90. The number of anilines is 2. The molecule has 0 spiro atoms. The van der Waals surface area contributed by atoms with Gasteiger partial charge in [0.2, 0.25) is 12.7 Å². The van der Waals surface area contributed by atoms with E-state index in [1.165, 1.54) is 6.92 Å². The Labute approximate surface area is 409 Å². The summed E-state index contributed by atoms with van der Waals surface area (Å²) < 4.78 is 40.2. The SMILES string of the molecule is C=C(C)C(=O)OCCN(CCNC(=O)Nc1c(C)cc(C)c(C(=O)P(=O)(OCC)c2ccccc2)c1C)CCNC(=O)C(=O)Nc1c(C)cc(C)c(C(=O)P(=O)(c2ccccc2)c2ccccc2)c1C. The zero-order chi connectivity index (χ0) is 51.3. The van der Waals surface area contributed by atoms with E-state index in [0.29, 0.717) is 49.7 Å².